The predicted octanol–water partition coefficient (Wildman–Crippen LogP) is 2.08. The first-order valence-corrected chi connectivity index (χ1v) is 5.89. The van der Waals surface area contributed by atoms with E-state index in [0.717, 1.165) is 11.3 Å². The van der Waals surface area contributed by atoms with Crippen molar-refractivity contribution in [1.82, 2.24) is 5.43 Å². The number of benzene rings is 1. The van der Waals surface area contributed by atoms with Gasteiger partial charge in [0.1, 0.15) is 12.4 Å². The van der Waals surface area contributed by atoms with Gasteiger partial charge in [-0.2, -0.15) is 0 Å². The molecule has 0 saturated heterocycles. The molecule has 1 aromatic carbocycles. The zero-order chi connectivity index (χ0) is 13.8. The first kappa shape index (κ1) is 13.2. The van der Waals surface area contributed by atoms with Gasteiger partial charge in [-0.1, -0.05) is 6.07 Å². The second-order valence-electron chi connectivity index (χ2n) is 4.28. The summed E-state index contributed by atoms with van der Waals surface area (Å²) in [5.41, 5.74) is 5.05. The molecule has 0 aliphatic heterocycles. The number of rotatable bonds is 4. The van der Waals surface area contributed by atoms with E-state index in [1.807, 2.05) is 37.5 Å². The number of hydrogen-bond donors (Lipinski definition) is 2. The van der Waals surface area contributed by atoms with Crippen LogP contribution in [0.25, 0.3) is 0 Å². The number of nitrogens with two attached hydrogens (primary N) is 1. The summed E-state index contributed by atoms with van der Waals surface area (Å²) in [6, 6.07) is 7.53. The van der Waals surface area contributed by atoms with Crippen molar-refractivity contribution in [2.75, 3.05) is 0 Å². The number of furan rings is 1. The maximum absolute atomic E-state index is 11.4. The van der Waals surface area contributed by atoms with Gasteiger partial charge in [-0.15, -0.1) is 0 Å². The maximum atomic E-state index is 11.4. The Labute approximate surface area is 111 Å². The summed E-state index contributed by atoms with van der Waals surface area (Å²) in [5.74, 6) is 5.53. The van der Waals surface area contributed by atoms with E-state index in [4.69, 9.17) is 15.0 Å². The topological polar surface area (TPSA) is 77.5 Å². The van der Waals surface area contributed by atoms with Gasteiger partial charge in [0.15, 0.2) is 5.76 Å². The second kappa shape index (κ2) is 5.58. The van der Waals surface area contributed by atoms with Crippen LogP contribution in [-0.4, -0.2) is 5.91 Å². The van der Waals surface area contributed by atoms with E-state index < -0.39 is 5.91 Å². The highest BCUT2D eigenvalue weighted by atomic mass is 16.5. The van der Waals surface area contributed by atoms with Crippen molar-refractivity contribution < 1.29 is 13.9 Å². The third-order valence-electron chi connectivity index (χ3n) is 2.96. The van der Waals surface area contributed by atoms with E-state index in [9.17, 15) is 4.79 Å². The first-order valence-electron chi connectivity index (χ1n) is 5.89. The standard InChI is InChI=1S/C14H16N2O3/c1-9-3-4-12(7-10(9)2)19-8-11-5-6-18-13(11)14(17)16-15/h3-7H,8,15H2,1-2H3,(H,16,17). The number of nitrogens with one attached hydrogen (secondary N) is 1. The summed E-state index contributed by atoms with van der Waals surface area (Å²) in [6.45, 7) is 4.31. The van der Waals surface area contributed by atoms with Crippen molar-refractivity contribution in [1.29, 1.82) is 0 Å². The quantitative estimate of drug-likeness (QED) is 0.501. The Hall–Kier alpha value is -2.27. The van der Waals surface area contributed by atoms with Crippen LogP contribution in [0.3, 0.4) is 0 Å². The van der Waals surface area contributed by atoms with Crippen LogP contribution >= 0.6 is 0 Å². The largest absolute Gasteiger partial charge is 0.489 e. The third kappa shape index (κ3) is 2.95. The molecule has 0 aliphatic carbocycles. The average Bonchev–Trinajstić information content (AvgIpc) is 2.87. The minimum Gasteiger partial charge on any atom is -0.489 e. The number of nitrogen functional groups attached to an aromatic ring is 1. The fraction of sp³-hybridized carbons (Fsp3) is 0.214. The van der Waals surface area contributed by atoms with Crippen molar-refractivity contribution in [3.05, 3.63) is 53.0 Å². The SMILES string of the molecule is Cc1ccc(OCc2ccoc2C(=O)NN)cc1C. The maximum Gasteiger partial charge on any atom is 0.301 e. The lowest BCUT2D eigenvalue weighted by Crippen LogP contribution is -2.30. The van der Waals surface area contributed by atoms with Gasteiger partial charge < -0.3 is 9.15 Å². The van der Waals surface area contributed by atoms with Crippen LogP contribution in [0.5, 0.6) is 5.75 Å². The van der Waals surface area contributed by atoms with Gasteiger partial charge in [0.05, 0.1) is 6.26 Å². The molecule has 0 radical (unpaired) electrons. The van der Waals surface area contributed by atoms with E-state index in [1.165, 1.54) is 11.8 Å². The van der Waals surface area contributed by atoms with Crippen LogP contribution < -0.4 is 16.0 Å². The van der Waals surface area contributed by atoms with Crippen LogP contribution in [0.15, 0.2) is 34.9 Å². The molecular weight excluding hydrogens is 244 g/mol. The highest BCUT2D eigenvalue weighted by Crippen LogP contribution is 2.19. The molecule has 100 valence electrons. The normalized spacial score (nSPS) is 10.3. The summed E-state index contributed by atoms with van der Waals surface area (Å²) in [4.78, 5) is 11.4. The van der Waals surface area contributed by atoms with Gasteiger partial charge >= 0.3 is 5.91 Å². The third-order valence-corrected chi connectivity index (χ3v) is 2.96. The molecule has 0 saturated carbocycles. The van der Waals surface area contributed by atoms with Gasteiger partial charge in [-0.3, -0.25) is 10.2 Å². The van der Waals surface area contributed by atoms with Crippen molar-refractivity contribution in [2.45, 2.75) is 20.5 Å². The van der Waals surface area contributed by atoms with E-state index in [-0.39, 0.29) is 12.4 Å². The highest BCUT2D eigenvalue weighted by molar-refractivity contribution is 5.92. The molecule has 0 unspecified atom stereocenters. The van der Waals surface area contributed by atoms with Crippen molar-refractivity contribution in [2.24, 2.45) is 5.84 Å². The van der Waals surface area contributed by atoms with E-state index in [1.54, 1.807) is 6.07 Å². The van der Waals surface area contributed by atoms with E-state index in [2.05, 4.69) is 0 Å². The lowest BCUT2D eigenvalue weighted by atomic mass is 10.1. The number of amides is 1. The molecule has 0 aliphatic rings. The Morgan fingerprint density at radius 3 is 2.79 bits per heavy atom. The Morgan fingerprint density at radius 1 is 1.32 bits per heavy atom. The molecule has 0 bridgehead atoms. The van der Waals surface area contributed by atoms with Crippen LogP contribution in [0.2, 0.25) is 0 Å². The van der Waals surface area contributed by atoms with Crippen molar-refractivity contribution in [3.8, 4) is 5.75 Å². The Morgan fingerprint density at radius 2 is 2.11 bits per heavy atom. The smallest absolute Gasteiger partial charge is 0.301 e. The molecule has 1 heterocycles. The molecule has 19 heavy (non-hydrogen) atoms. The fourth-order valence-electron chi connectivity index (χ4n) is 1.68. The summed E-state index contributed by atoms with van der Waals surface area (Å²) < 4.78 is 10.7. The van der Waals surface area contributed by atoms with Crippen LogP contribution in [0.1, 0.15) is 27.2 Å². The number of hydrogen-bond acceptors (Lipinski definition) is 4. The summed E-state index contributed by atoms with van der Waals surface area (Å²) in [6.07, 6.45) is 1.43. The molecule has 0 spiro atoms. The van der Waals surface area contributed by atoms with Crippen molar-refractivity contribution >= 4 is 5.91 Å². The lowest BCUT2D eigenvalue weighted by Gasteiger charge is -2.08. The zero-order valence-corrected chi connectivity index (χ0v) is 10.9. The van der Waals surface area contributed by atoms with Gasteiger partial charge in [-0.05, 0) is 43.2 Å². The minimum atomic E-state index is -0.469. The predicted molar refractivity (Wildman–Crippen MR) is 70.6 cm³/mol. The van der Waals surface area contributed by atoms with Gasteiger partial charge in [0.2, 0.25) is 0 Å². The molecular formula is C14H16N2O3. The summed E-state index contributed by atoms with van der Waals surface area (Å²) in [7, 11) is 0. The highest BCUT2D eigenvalue weighted by Gasteiger charge is 2.14. The van der Waals surface area contributed by atoms with E-state index >= 15 is 0 Å². The minimum absolute atomic E-state index is 0.173. The molecule has 2 aromatic rings. The van der Waals surface area contributed by atoms with Crippen LogP contribution in [0, 0.1) is 13.8 Å². The molecule has 5 nitrogen and oxygen atoms in total. The number of ether oxygens (including phenoxy) is 1. The Balaban J connectivity index is 2.08. The zero-order valence-electron chi connectivity index (χ0n) is 10.9. The Bertz CT molecular complexity index is 590. The van der Waals surface area contributed by atoms with Gasteiger partial charge in [0.25, 0.3) is 0 Å². The fourth-order valence-corrected chi connectivity index (χ4v) is 1.68. The molecule has 1 aromatic heterocycles. The monoisotopic (exact) mass is 260 g/mol. The molecule has 2 rings (SSSR count). The number of aryl methyl sites for hydroxylation is 2. The molecule has 0 atom stereocenters. The van der Waals surface area contributed by atoms with Crippen LogP contribution in [-0.2, 0) is 6.61 Å². The van der Waals surface area contributed by atoms with Gasteiger partial charge in [-0.25, -0.2) is 5.84 Å². The molecule has 1 amide bonds. The number of carbonyl (C=O) groups is 1. The summed E-state index contributed by atoms with van der Waals surface area (Å²) in [5, 5.41) is 0. The first-order chi connectivity index (χ1) is 9.11. The lowest BCUT2D eigenvalue weighted by molar-refractivity contribution is 0.0922. The van der Waals surface area contributed by atoms with E-state index in [0.29, 0.717) is 5.56 Å². The number of carbonyl (C=O) groups excluding carboxylic acids is 1. The summed E-state index contributed by atoms with van der Waals surface area (Å²) >= 11 is 0. The molecule has 5 heteroatoms. The van der Waals surface area contributed by atoms with Crippen molar-refractivity contribution in [3.63, 3.8) is 0 Å². The number of hydrazine groups is 1. The molecule has 0 fully saturated rings. The Kier molecular flexibility index (Phi) is 3.87. The van der Waals surface area contributed by atoms with Gasteiger partial charge in [0, 0.05) is 5.56 Å². The van der Waals surface area contributed by atoms with Crippen LogP contribution in [0.4, 0.5) is 0 Å². The second-order valence-corrected chi connectivity index (χ2v) is 4.28. The average molecular weight is 260 g/mol. The molecule has 3 N–H and O–H groups in total.